The average molecular weight is 330 g/mol. The molecule has 1 fully saturated rings. The molecule has 122 valence electrons. The van der Waals surface area contributed by atoms with E-state index in [1.807, 2.05) is 35.7 Å². The van der Waals surface area contributed by atoms with Crippen LogP contribution in [0.25, 0.3) is 0 Å². The SMILES string of the molecule is CCc1ccc(C(c2ccccn2)N2CCCC(C(=O)O)C2)s1. The second kappa shape index (κ2) is 7.23. The third-order valence-electron chi connectivity index (χ3n) is 4.44. The van der Waals surface area contributed by atoms with Crippen LogP contribution in [0.5, 0.6) is 0 Å². The zero-order valence-electron chi connectivity index (χ0n) is 13.3. The van der Waals surface area contributed by atoms with Crippen molar-refractivity contribution in [3.63, 3.8) is 0 Å². The summed E-state index contributed by atoms with van der Waals surface area (Å²) in [6, 6.07) is 10.4. The highest BCUT2D eigenvalue weighted by molar-refractivity contribution is 7.12. The molecule has 4 nitrogen and oxygen atoms in total. The van der Waals surface area contributed by atoms with Crippen LogP contribution in [0.3, 0.4) is 0 Å². The van der Waals surface area contributed by atoms with Gasteiger partial charge in [0.05, 0.1) is 17.7 Å². The van der Waals surface area contributed by atoms with E-state index in [1.54, 1.807) is 0 Å². The van der Waals surface area contributed by atoms with Gasteiger partial charge in [-0.1, -0.05) is 13.0 Å². The predicted octanol–water partition coefficient (Wildman–Crippen LogP) is 3.59. The number of hydrogen-bond donors (Lipinski definition) is 1. The van der Waals surface area contributed by atoms with Gasteiger partial charge in [-0.05, 0) is 50.1 Å². The Balaban J connectivity index is 1.93. The van der Waals surface area contributed by atoms with E-state index >= 15 is 0 Å². The van der Waals surface area contributed by atoms with Gasteiger partial charge >= 0.3 is 5.97 Å². The first-order chi connectivity index (χ1) is 11.2. The number of likely N-dealkylation sites (tertiary alicyclic amines) is 1. The van der Waals surface area contributed by atoms with Crippen LogP contribution in [-0.4, -0.2) is 34.0 Å². The first-order valence-electron chi connectivity index (χ1n) is 8.15. The van der Waals surface area contributed by atoms with E-state index in [0.29, 0.717) is 6.54 Å². The van der Waals surface area contributed by atoms with Crippen molar-refractivity contribution in [2.45, 2.75) is 32.2 Å². The van der Waals surface area contributed by atoms with Gasteiger partial charge in [-0.2, -0.15) is 0 Å². The molecule has 0 aromatic carbocycles. The Labute approximate surface area is 140 Å². The van der Waals surface area contributed by atoms with Crippen molar-refractivity contribution in [2.24, 2.45) is 5.92 Å². The van der Waals surface area contributed by atoms with Crippen molar-refractivity contribution < 1.29 is 9.90 Å². The molecule has 5 heteroatoms. The van der Waals surface area contributed by atoms with E-state index in [4.69, 9.17) is 0 Å². The summed E-state index contributed by atoms with van der Waals surface area (Å²) >= 11 is 1.81. The third-order valence-corrected chi connectivity index (χ3v) is 5.72. The van der Waals surface area contributed by atoms with E-state index < -0.39 is 5.97 Å². The standard InChI is InChI=1S/C18H22N2O2S/c1-2-14-8-9-16(23-14)17(15-7-3-4-10-19-15)20-11-5-6-13(12-20)18(21)22/h3-4,7-10,13,17H,2,5-6,11-12H2,1H3,(H,21,22). The van der Waals surface area contributed by atoms with Gasteiger partial charge in [0.25, 0.3) is 0 Å². The molecule has 23 heavy (non-hydrogen) atoms. The number of carbonyl (C=O) groups is 1. The van der Waals surface area contributed by atoms with Gasteiger partial charge in [0.2, 0.25) is 0 Å². The molecule has 0 bridgehead atoms. The van der Waals surface area contributed by atoms with Crippen molar-refractivity contribution in [3.05, 3.63) is 52.0 Å². The lowest BCUT2D eigenvalue weighted by Crippen LogP contribution is -2.41. The summed E-state index contributed by atoms with van der Waals surface area (Å²) in [6.07, 6.45) is 4.53. The summed E-state index contributed by atoms with van der Waals surface area (Å²) < 4.78 is 0. The predicted molar refractivity (Wildman–Crippen MR) is 91.7 cm³/mol. The van der Waals surface area contributed by atoms with Gasteiger partial charge in [-0.3, -0.25) is 14.7 Å². The zero-order valence-corrected chi connectivity index (χ0v) is 14.1. The molecule has 1 aliphatic heterocycles. The minimum atomic E-state index is -0.685. The monoisotopic (exact) mass is 330 g/mol. The molecule has 0 aliphatic carbocycles. The van der Waals surface area contributed by atoms with Gasteiger partial charge < -0.3 is 5.11 Å². The van der Waals surface area contributed by atoms with Crippen molar-refractivity contribution in [1.82, 2.24) is 9.88 Å². The number of pyridine rings is 1. The highest BCUT2D eigenvalue weighted by Crippen LogP contribution is 2.35. The van der Waals surface area contributed by atoms with Crippen LogP contribution in [-0.2, 0) is 11.2 Å². The molecule has 1 N–H and O–H groups in total. The molecule has 2 atom stereocenters. The van der Waals surface area contributed by atoms with Crippen LogP contribution in [0.1, 0.15) is 41.3 Å². The Bertz CT molecular complexity index is 656. The summed E-state index contributed by atoms with van der Waals surface area (Å²) in [5, 5.41) is 9.38. The van der Waals surface area contributed by atoms with Gasteiger partial charge in [-0.25, -0.2) is 0 Å². The Kier molecular flexibility index (Phi) is 5.08. The lowest BCUT2D eigenvalue weighted by Gasteiger charge is -2.36. The molecule has 2 aromatic rings. The second-order valence-electron chi connectivity index (χ2n) is 5.99. The summed E-state index contributed by atoms with van der Waals surface area (Å²) in [7, 11) is 0. The van der Waals surface area contributed by atoms with E-state index in [9.17, 15) is 9.90 Å². The molecule has 2 unspecified atom stereocenters. The number of thiophene rings is 1. The first kappa shape index (κ1) is 16.1. The summed E-state index contributed by atoms with van der Waals surface area (Å²) in [4.78, 5) is 20.9. The first-order valence-corrected chi connectivity index (χ1v) is 8.97. The number of carboxylic acids is 1. The summed E-state index contributed by atoms with van der Waals surface area (Å²) in [5.74, 6) is -0.963. The number of aryl methyl sites for hydroxylation is 1. The topological polar surface area (TPSA) is 53.4 Å². The fourth-order valence-electron chi connectivity index (χ4n) is 3.22. The smallest absolute Gasteiger partial charge is 0.307 e. The lowest BCUT2D eigenvalue weighted by atomic mass is 9.95. The molecule has 0 amide bonds. The summed E-state index contributed by atoms with van der Waals surface area (Å²) in [5.41, 5.74) is 1.00. The van der Waals surface area contributed by atoms with Gasteiger partial charge in [-0.15, -0.1) is 11.3 Å². The molecule has 0 radical (unpaired) electrons. The number of aromatic nitrogens is 1. The molecular weight excluding hydrogens is 308 g/mol. The maximum Gasteiger partial charge on any atom is 0.307 e. The molecule has 2 aromatic heterocycles. The molecule has 3 heterocycles. The Morgan fingerprint density at radius 1 is 1.43 bits per heavy atom. The zero-order chi connectivity index (χ0) is 16.2. The number of rotatable bonds is 5. The van der Waals surface area contributed by atoms with E-state index in [1.165, 1.54) is 9.75 Å². The van der Waals surface area contributed by atoms with Crippen LogP contribution >= 0.6 is 11.3 Å². The third kappa shape index (κ3) is 3.62. The van der Waals surface area contributed by atoms with E-state index in [0.717, 1.165) is 31.5 Å². The molecule has 1 aliphatic rings. The van der Waals surface area contributed by atoms with Crippen molar-refractivity contribution in [3.8, 4) is 0 Å². The van der Waals surface area contributed by atoms with E-state index in [-0.39, 0.29) is 12.0 Å². The molecule has 0 spiro atoms. The highest BCUT2D eigenvalue weighted by Gasteiger charge is 2.32. The van der Waals surface area contributed by atoms with E-state index in [2.05, 4.69) is 28.9 Å². The number of carboxylic acid groups (broad SMARTS) is 1. The highest BCUT2D eigenvalue weighted by atomic mass is 32.1. The minimum Gasteiger partial charge on any atom is -0.481 e. The van der Waals surface area contributed by atoms with Crippen LogP contribution in [0, 0.1) is 5.92 Å². The molecular formula is C18H22N2O2S. The molecule has 3 rings (SSSR count). The van der Waals surface area contributed by atoms with Gasteiger partial charge in [0, 0.05) is 22.5 Å². The maximum absolute atomic E-state index is 11.4. The van der Waals surface area contributed by atoms with Crippen LogP contribution in [0.4, 0.5) is 0 Å². The lowest BCUT2D eigenvalue weighted by molar-refractivity contribution is -0.143. The normalized spacial score (nSPS) is 20.3. The fraction of sp³-hybridized carbons (Fsp3) is 0.444. The Hall–Kier alpha value is -1.72. The fourth-order valence-corrected chi connectivity index (χ4v) is 4.33. The van der Waals surface area contributed by atoms with Crippen LogP contribution in [0.2, 0.25) is 0 Å². The Morgan fingerprint density at radius 2 is 2.30 bits per heavy atom. The van der Waals surface area contributed by atoms with Crippen molar-refractivity contribution in [2.75, 3.05) is 13.1 Å². The number of aliphatic carboxylic acids is 1. The van der Waals surface area contributed by atoms with Crippen molar-refractivity contribution >= 4 is 17.3 Å². The van der Waals surface area contributed by atoms with Gasteiger partial charge in [0.1, 0.15) is 0 Å². The molecule has 1 saturated heterocycles. The largest absolute Gasteiger partial charge is 0.481 e. The average Bonchev–Trinajstić information content (AvgIpc) is 3.05. The van der Waals surface area contributed by atoms with Gasteiger partial charge in [0.15, 0.2) is 0 Å². The van der Waals surface area contributed by atoms with Crippen LogP contribution < -0.4 is 0 Å². The van der Waals surface area contributed by atoms with Crippen LogP contribution in [0.15, 0.2) is 36.5 Å². The second-order valence-corrected chi connectivity index (χ2v) is 7.19. The number of hydrogen-bond acceptors (Lipinski definition) is 4. The van der Waals surface area contributed by atoms with Crippen molar-refractivity contribution in [1.29, 1.82) is 0 Å². The summed E-state index contributed by atoms with van der Waals surface area (Å²) in [6.45, 7) is 3.67. The molecule has 0 saturated carbocycles. The maximum atomic E-state index is 11.4. The number of nitrogens with zero attached hydrogens (tertiary/aromatic N) is 2. The number of piperidine rings is 1. The minimum absolute atomic E-state index is 0.0589. The Morgan fingerprint density at radius 3 is 2.96 bits per heavy atom. The quantitative estimate of drug-likeness (QED) is 0.910.